The smallest absolute Gasteiger partial charge is 0.244 e. The van der Waals surface area contributed by atoms with Gasteiger partial charge in [0.15, 0.2) is 0 Å². The van der Waals surface area contributed by atoms with Crippen molar-refractivity contribution in [2.45, 2.75) is 19.3 Å². The fourth-order valence-corrected chi connectivity index (χ4v) is 3.77. The van der Waals surface area contributed by atoms with Crippen molar-refractivity contribution in [2.24, 2.45) is 17.3 Å². The van der Waals surface area contributed by atoms with Crippen molar-refractivity contribution in [3.63, 3.8) is 0 Å². The van der Waals surface area contributed by atoms with Crippen LogP contribution in [-0.2, 0) is 22.4 Å². The largest absolute Gasteiger partial charge is 0.497 e. The number of piperidine rings is 1. The molecule has 23 heavy (non-hydrogen) atoms. The van der Waals surface area contributed by atoms with Crippen LogP contribution in [0.15, 0.2) is 18.2 Å². The fraction of sp³-hybridized carbons (Fsp3) is 0.412. The average Bonchev–Trinajstić information content (AvgIpc) is 2.54. The van der Waals surface area contributed by atoms with Gasteiger partial charge in [-0.3, -0.25) is 14.9 Å². The Hall–Kier alpha value is -2.86. The van der Waals surface area contributed by atoms with Crippen LogP contribution in [-0.4, -0.2) is 18.9 Å². The molecule has 6 heteroatoms. The molecule has 3 atom stereocenters. The number of carbonyl (C=O) groups is 2. The van der Waals surface area contributed by atoms with Gasteiger partial charge in [-0.25, -0.2) is 0 Å². The van der Waals surface area contributed by atoms with Gasteiger partial charge in [-0.15, -0.1) is 0 Å². The molecule has 0 aromatic heterocycles. The van der Waals surface area contributed by atoms with E-state index in [0.717, 1.165) is 11.1 Å². The summed E-state index contributed by atoms with van der Waals surface area (Å²) in [7, 11) is 1.56. The Balaban J connectivity index is 2.11. The molecule has 1 saturated heterocycles. The molecule has 1 spiro atoms. The number of hydrogen-bond acceptors (Lipinski definition) is 5. The van der Waals surface area contributed by atoms with Crippen molar-refractivity contribution in [3.8, 4) is 17.9 Å². The summed E-state index contributed by atoms with van der Waals surface area (Å²) in [5, 5.41) is 21.1. The molecule has 116 valence electrons. The van der Waals surface area contributed by atoms with E-state index < -0.39 is 29.1 Å². The highest BCUT2D eigenvalue weighted by Gasteiger charge is 2.57. The molecule has 1 aliphatic carbocycles. The number of nitrogens with one attached hydrogen (secondary N) is 1. The van der Waals surface area contributed by atoms with Gasteiger partial charge in [0.25, 0.3) is 0 Å². The first-order valence-corrected chi connectivity index (χ1v) is 7.35. The third kappa shape index (κ3) is 2.15. The van der Waals surface area contributed by atoms with Crippen LogP contribution in [0, 0.1) is 39.9 Å². The molecule has 2 aliphatic rings. The van der Waals surface area contributed by atoms with Crippen molar-refractivity contribution < 1.29 is 14.3 Å². The van der Waals surface area contributed by atoms with Gasteiger partial charge in [-0.2, -0.15) is 10.5 Å². The molecule has 1 aliphatic heterocycles. The van der Waals surface area contributed by atoms with Gasteiger partial charge in [0.1, 0.15) is 17.6 Å². The third-order valence-corrected chi connectivity index (χ3v) is 4.97. The molecule has 1 fully saturated rings. The molecule has 6 nitrogen and oxygen atoms in total. The number of methoxy groups -OCH3 is 1. The Bertz CT molecular complexity index is 740. The third-order valence-electron chi connectivity index (χ3n) is 4.97. The molecule has 2 amide bonds. The Labute approximate surface area is 133 Å². The van der Waals surface area contributed by atoms with Crippen molar-refractivity contribution in [1.82, 2.24) is 5.32 Å². The summed E-state index contributed by atoms with van der Waals surface area (Å²) in [6.07, 6.45) is 1.42. The van der Waals surface area contributed by atoms with Crippen molar-refractivity contribution in [1.29, 1.82) is 10.5 Å². The molecule has 1 aromatic carbocycles. The lowest BCUT2D eigenvalue weighted by molar-refractivity contribution is -0.145. The predicted molar refractivity (Wildman–Crippen MR) is 78.8 cm³/mol. The van der Waals surface area contributed by atoms with Crippen LogP contribution >= 0.6 is 0 Å². The number of imide groups is 1. The minimum atomic E-state index is -1.01. The SMILES string of the molecule is COc1ccc2c(c1)CC1(CC2)[C@H](C#N)C(=O)NC(=O)[C@@H]1C#N. The maximum Gasteiger partial charge on any atom is 0.244 e. The van der Waals surface area contributed by atoms with E-state index in [9.17, 15) is 20.1 Å². The van der Waals surface area contributed by atoms with Gasteiger partial charge in [0, 0.05) is 5.41 Å². The predicted octanol–water partition coefficient (Wildman–Crippen LogP) is 1.11. The lowest BCUT2D eigenvalue weighted by Gasteiger charge is -2.45. The van der Waals surface area contributed by atoms with Gasteiger partial charge in [-0.1, -0.05) is 6.07 Å². The molecule has 0 saturated carbocycles. The van der Waals surface area contributed by atoms with Crippen molar-refractivity contribution in [2.75, 3.05) is 7.11 Å². The Morgan fingerprint density at radius 1 is 1.17 bits per heavy atom. The van der Waals surface area contributed by atoms with E-state index >= 15 is 0 Å². The minimum Gasteiger partial charge on any atom is -0.497 e. The zero-order chi connectivity index (χ0) is 16.6. The number of aryl methyl sites for hydroxylation is 1. The highest BCUT2D eigenvalue weighted by Crippen LogP contribution is 2.49. The normalized spacial score (nSPS) is 29.2. The van der Waals surface area contributed by atoms with E-state index in [1.165, 1.54) is 0 Å². The Morgan fingerprint density at radius 2 is 1.83 bits per heavy atom. The van der Waals surface area contributed by atoms with Gasteiger partial charge in [-0.05, 0) is 42.5 Å². The van der Waals surface area contributed by atoms with Crippen LogP contribution < -0.4 is 10.1 Å². The van der Waals surface area contributed by atoms with Crippen LogP contribution in [0.2, 0.25) is 0 Å². The van der Waals surface area contributed by atoms with Gasteiger partial charge in [0.05, 0.1) is 19.2 Å². The second kappa shape index (κ2) is 5.40. The van der Waals surface area contributed by atoms with E-state index in [1.807, 2.05) is 30.3 Å². The molecule has 0 radical (unpaired) electrons. The second-order valence-corrected chi connectivity index (χ2v) is 6.02. The van der Waals surface area contributed by atoms with Gasteiger partial charge >= 0.3 is 0 Å². The van der Waals surface area contributed by atoms with Gasteiger partial charge in [0.2, 0.25) is 11.8 Å². The molecular weight excluding hydrogens is 294 g/mol. The number of nitriles is 2. The van der Waals surface area contributed by atoms with E-state index in [-0.39, 0.29) is 0 Å². The summed E-state index contributed by atoms with van der Waals surface area (Å²) >= 11 is 0. The molecule has 1 heterocycles. The summed E-state index contributed by atoms with van der Waals surface area (Å²) in [5.74, 6) is -2.55. The van der Waals surface area contributed by atoms with E-state index in [2.05, 4.69) is 5.32 Å². The first-order chi connectivity index (χ1) is 11.1. The lowest BCUT2D eigenvalue weighted by Crippen LogP contribution is -2.59. The number of benzene rings is 1. The number of ether oxygens (including phenoxy) is 1. The zero-order valence-corrected chi connectivity index (χ0v) is 12.6. The summed E-state index contributed by atoms with van der Waals surface area (Å²) in [5.41, 5.74) is 1.06. The topological polar surface area (TPSA) is 103 Å². The maximum absolute atomic E-state index is 12.1. The monoisotopic (exact) mass is 309 g/mol. The van der Waals surface area contributed by atoms with E-state index in [4.69, 9.17) is 4.74 Å². The molecule has 3 rings (SSSR count). The molecule has 1 N–H and O–H groups in total. The average molecular weight is 309 g/mol. The Kier molecular flexibility index (Phi) is 3.54. The van der Waals surface area contributed by atoms with Crippen LogP contribution in [0.4, 0.5) is 0 Å². The first-order valence-electron chi connectivity index (χ1n) is 7.35. The Morgan fingerprint density at radius 3 is 2.39 bits per heavy atom. The quantitative estimate of drug-likeness (QED) is 0.783. The summed E-state index contributed by atoms with van der Waals surface area (Å²) in [6, 6.07) is 9.69. The first kappa shape index (κ1) is 15.1. The minimum absolute atomic E-state index is 0.342. The zero-order valence-electron chi connectivity index (χ0n) is 12.6. The standard InChI is InChI=1S/C17H15N3O3/c1-23-12-3-2-10-4-5-17(7-11(10)6-12)13(8-18)15(21)20-16(22)14(17)9-19/h2-3,6,13-14H,4-5,7H2,1H3,(H,20,21,22)/t13-,14+,17?. The van der Waals surface area contributed by atoms with Crippen LogP contribution in [0.5, 0.6) is 5.75 Å². The number of nitrogens with zero attached hydrogens (tertiary/aromatic N) is 2. The summed E-state index contributed by atoms with van der Waals surface area (Å²) in [6.45, 7) is 0. The molecule has 1 unspecified atom stereocenters. The molecule has 0 bridgehead atoms. The van der Waals surface area contributed by atoms with Crippen LogP contribution in [0.25, 0.3) is 0 Å². The number of carbonyl (C=O) groups excluding carboxylic acids is 2. The highest BCUT2D eigenvalue weighted by molar-refractivity contribution is 6.03. The molecule has 1 aromatic rings. The summed E-state index contributed by atoms with van der Waals surface area (Å²) in [4.78, 5) is 24.2. The fourth-order valence-electron chi connectivity index (χ4n) is 3.77. The lowest BCUT2D eigenvalue weighted by atomic mass is 9.56. The highest BCUT2D eigenvalue weighted by atomic mass is 16.5. The van der Waals surface area contributed by atoms with Crippen LogP contribution in [0.1, 0.15) is 17.5 Å². The van der Waals surface area contributed by atoms with Gasteiger partial charge < -0.3 is 4.74 Å². The second-order valence-electron chi connectivity index (χ2n) is 6.02. The number of hydrogen-bond donors (Lipinski definition) is 1. The number of rotatable bonds is 1. The maximum atomic E-state index is 12.1. The summed E-state index contributed by atoms with van der Waals surface area (Å²) < 4.78 is 5.23. The van der Waals surface area contributed by atoms with E-state index in [1.54, 1.807) is 7.11 Å². The molecular formula is C17H15N3O3. The van der Waals surface area contributed by atoms with E-state index in [0.29, 0.717) is 25.0 Å². The van der Waals surface area contributed by atoms with Crippen molar-refractivity contribution in [3.05, 3.63) is 29.3 Å². The number of fused-ring (bicyclic) bond motifs is 1. The van der Waals surface area contributed by atoms with Crippen LogP contribution in [0.3, 0.4) is 0 Å². The van der Waals surface area contributed by atoms with Crippen molar-refractivity contribution >= 4 is 11.8 Å². The number of amides is 2.